The van der Waals surface area contributed by atoms with E-state index in [1.54, 1.807) is 18.2 Å². The highest BCUT2D eigenvalue weighted by atomic mass is 16.5. The average molecular weight is 396 g/mol. The molecule has 0 bridgehead atoms. The highest BCUT2D eigenvalue weighted by molar-refractivity contribution is 6.47. The molecule has 1 aliphatic rings. The maximum Gasteiger partial charge on any atom is 0.547 e. The third-order valence-corrected chi connectivity index (χ3v) is 5.02. The summed E-state index contributed by atoms with van der Waals surface area (Å²) in [5.41, 5.74) is 3.41. The Morgan fingerprint density at radius 3 is 2.72 bits per heavy atom. The molecular formula is C21H25BN2O5. The molecule has 0 saturated carbocycles. The van der Waals surface area contributed by atoms with E-state index in [0.29, 0.717) is 17.7 Å². The van der Waals surface area contributed by atoms with Gasteiger partial charge < -0.3 is 25.4 Å². The van der Waals surface area contributed by atoms with E-state index in [-0.39, 0.29) is 23.6 Å². The maximum atomic E-state index is 12.8. The van der Waals surface area contributed by atoms with Crippen molar-refractivity contribution in [2.75, 3.05) is 7.05 Å². The molecule has 3 rings (SSSR count). The predicted molar refractivity (Wildman–Crippen MR) is 110 cm³/mol. The molecule has 1 aliphatic heterocycles. The Balaban J connectivity index is 1.78. The van der Waals surface area contributed by atoms with Crippen LogP contribution in [0.3, 0.4) is 0 Å². The molecule has 7 nitrogen and oxygen atoms in total. The lowest BCUT2D eigenvalue weighted by Crippen LogP contribution is -2.53. The number of hydrogen-bond donors (Lipinski definition) is 4. The molecular weight excluding hydrogens is 371 g/mol. The molecule has 1 atom stereocenters. The number of carbonyl (C=O) groups excluding carboxylic acids is 1. The number of amides is 1. The van der Waals surface area contributed by atoms with Crippen molar-refractivity contribution >= 4 is 19.0 Å². The van der Waals surface area contributed by atoms with Gasteiger partial charge in [0.05, 0.1) is 11.5 Å². The number of carbonyl (C=O) groups is 2. The van der Waals surface area contributed by atoms with Gasteiger partial charge in [0.25, 0.3) is 5.91 Å². The number of hydrogen-bond acceptors (Lipinski definition) is 5. The molecule has 0 saturated heterocycles. The lowest BCUT2D eigenvalue weighted by molar-refractivity contribution is 0.0693. The van der Waals surface area contributed by atoms with Gasteiger partial charge in [-0.1, -0.05) is 31.5 Å². The van der Waals surface area contributed by atoms with Crippen molar-refractivity contribution in [1.29, 1.82) is 0 Å². The van der Waals surface area contributed by atoms with Gasteiger partial charge in [-0.25, -0.2) is 4.79 Å². The van der Waals surface area contributed by atoms with Gasteiger partial charge >= 0.3 is 13.1 Å². The fourth-order valence-electron chi connectivity index (χ4n) is 3.60. The Bertz CT molecular complexity index is 918. The first-order chi connectivity index (χ1) is 13.9. The first-order valence-corrected chi connectivity index (χ1v) is 9.71. The number of carboxylic acids is 1. The van der Waals surface area contributed by atoms with E-state index in [0.717, 1.165) is 18.4 Å². The van der Waals surface area contributed by atoms with Crippen LogP contribution < -0.4 is 15.3 Å². The summed E-state index contributed by atoms with van der Waals surface area (Å²) in [5, 5.41) is 25.5. The van der Waals surface area contributed by atoms with Gasteiger partial charge in [-0.3, -0.25) is 4.79 Å². The molecule has 4 N–H and O–H groups in total. The summed E-state index contributed by atoms with van der Waals surface area (Å²) in [4.78, 5) is 24.1. The predicted octanol–water partition coefficient (Wildman–Crippen LogP) is 1.81. The second-order valence-electron chi connectivity index (χ2n) is 7.16. The minimum atomic E-state index is -1.33. The van der Waals surface area contributed by atoms with Crippen LogP contribution in [0.4, 0.5) is 0 Å². The summed E-state index contributed by atoms with van der Waals surface area (Å²) in [7, 11) is 0.532. The van der Waals surface area contributed by atoms with Gasteiger partial charge in [0.15, 0.2) is 0 Å². The monoisotopic (exact) mass is 396 g/mol. The highest BCUT2D eigenvalue weighted by Crippen LogP contribution is 2.30. The smallest absolute Gasteiger partial charge is 0.534 e. The van der Waals surface area contributed by atoms with E-state index in [2.05, 4.69) is 17.6 Å². The summed E-state index contributed by atoms with van der Waals surface area (Å²) in [6, 6.07) is 10.4. The van der Waals surface area contributed by atoms with Crippen LogP contribution in [0.5, 0.6) is 5.75 Å². The molecule has 0 unspecified atom stereocenters. The van der Waals surface area contributed by atoms with Crippen LogP contribution >= 0.6 is 0 Å². The number of aromatic carboxylic acids is 1. The second kappa shape index (κ2) is 9.11. The SMILES string of the molecule is CCCc1ccc(C(=O)N[C@H]2Cc3cccc(C(=O)O)c3OB2O)cc1CNC. The quantitative estimate of drug-likeness (QED) is 0.532. The largest absolute Gasteiger partial charge is 0.547 e. The van der Waals surface area contributed by atoms with Crippen LogP contribution in [0.15, 0.2) is 36.4 Å². The summed E-state index contributed by atoms with van der Waals surface area (Å²) in [5.74, 6) is -1.96. The van der Waals surface area contributed by atoms with E-state index in [1.807, 2.05) is 19.2 Å². The Hall–Kier alpha value is -2.84. The Kier molecular flexibility index (Phi) is 6.56. The molecule has 2 aromatic carbocycles. The highest BCUT2D eigenvalue weighted by Gasteiger charge is 2.37. The number of rotatable bonds is 7. The standard InChI is InChI=1S/C21H25BN2O5/c1-3-5-13-8-9-15(10-16(13)12-23-2)20(25)24-18-11-14-6-4-7-17(21(26)27)19(14)29-22(18)28/h4,6-10,18,23,28H,3,5,11-12H2,1-2H3,(H,24,25)(H,26,27)/t18-/m0/s1. The molecule has 1 heterocycles. The Labute approximate surface area is 170 Å². The first kappa shape index (κ1) is 20.9. The molecule has 0 aromatic heterocycles. The summed E-state index contributed by atoms with van der Waals surface area (Å²) >= 11 is 0. The lowest BCUT2D eigenvalue weighted by atomic mass is 9.72. The van der Waals surface area contributed by atoms with Crippen LogP contribution in [0.1, 0.15) is 50.8 Å². The number of para-hydroxylation sites is 1. The normalized spacial score (nSPS) is 15.4. The van der Waals surface area contributed by atoms with Gasteiger partial charge in [0, 0.05) is 12.1 Å². The molecule has 0 spiro atoms. The van der Waals surface area contributed by atoms with E-state index in [1.165, 1.54) is 11.6 Å². The summed E-state index contributed by atoms with van der Waals surface area (Å²) in [6.07, 6.45) is 2.24. The molecule has 29 heavy (non-hydrogen) atoms. The van der Waals surface area contributed by atoms with Gasteiger partial charge in [-0.15, -0.1) is 0 Å². The number of benzene rings is 2. The fourth-order valence-corrected chi connectivity index (χ4v) is 3.60. The van der Waals surface area contributed by atoms with Crippen molar-refractivity contribution in [3.05, 3.63) is 64.2 Å². The molecule has 0 fully saturated rings. The third kappa shape index (κ3) is 4.60. The molecule has 8 heteroatoms. The average Bonchev–Trinajstić information content (AvgIpc) is 2.69. The molecule has 0 radical (unpaired) electrons. The topological polar surface area (TPSA) is 108 Å². The Morgan fingerprint density at radius 2 is 2.03 bits per heavy atom. The molecule has 0 aliphatic carbocycles. The van der Waals surface area contributed by atoms with Gasteiger partial charge in [0.2, 0.25) is 0 Å². The summed E-state index contributed by atoms with van der Waals surface area (Å²) < 4.78 is 5.44. The molecule has 152 valence electrons. The van der Waals surface area contributed by atoms with Crippen LogP contribution in [0.25, 0.3) is 0 Å². The fraction of sp³-hybridized carbons (Fsp3) is 0.333. The van der Waals surface area contributed by atoms with E-state index in [4.69, 9.17) is 4.65 Å². The lowest BCUT2D eigenvalue weighted by Gasteiger charge is -2.29. The van der Waals surface area contributed by atoms with Crippen LogP contribution in [-0.4, -0.2) is 42.1 Å². The van der Waals surface area contributed by atoms with Crippen molar-refractivity contribution in [3.63, 3.8) is 0 Å². The maximum absolute atomic E-state index is 12.8. The summed E-state index contributed by atoms with van der Waals surface area (Å²) in [6.45, 7) is 2.78. The number of fused-ring (bicyclic) bond motifs is 1. The van der Waals surface area contributed by atoms with Gasteiger partial charge in [-0.05, 0) is 54.8 Å². The minimum absolute atomic E-state index is 0.00505. The zero-order valence-electron chi connectivity index (χ0n) is 16.6. The van der Waals surface area contributed by atoms with Crippen LogP contribution in [-0.2, 0) is 19.4 Å². The van der Waals surface area contributed by atoms with Crippen molar-refractivity contribution in [3.8, 4) is 5.75 Å². The number of carboxylic acid groups (broad SMARTS) is 1. The van der Waals surface area contributed by atoms with Gasteiger partial charge in [-0.2, -0.15) is 0 Å². The van der Waals surface area contributed by atoms with Crippen LogP contribution in [0.2, 0.25) is 0 Å². The zero-order valence-corrected chi connectivity index (χ0v) is 16.6. The minimum Gasteiger partial charge on any atom is -0.534 e. The van der Waals surface area contributed by atoms with E-state index < -0.39 is 19.0 Å². The zero-order chi connectivity index (χ0) is 21.0. The van der Waals surface area contributed by atoms with Crippen molar-refractivity contribution < 1.29 is 24.4 Å². The van der Waals surface area contributed by atoms with E-state index in [9.17, 15) is 19.7 Å². The van der Waals surface area contributed by atoms with Gasteiger partial charge in [0.1, 0.15) is 5.75 Å². The molecule has 1 amide bonds. The van der Waals surface area contributed by atoms with E-state index >= 15 is 0 Å². The Morgan fingerprint density at radius 1 is 1.24 bits per heavy atom. The van der Waals surface area contributed by atoms with Crippen molar-refractivity contribution in [2.45, 2.75) is 38.7 Å². The van der Waals surface area contributed by atoms with Crippen LogP contribution in [0, 0.1) is 0 Å². The second-order valence-corrected chi connectivity index (χ2v) is 7.16. The third-order valence-electron chi connectivity index (χ3n) is 5.02. The van der Waals surface area contributed by atoms with Crippen molar-refractivity contribution in [1.82, 2.24) is 10.6 Å². The molecule has 2 aromatic rings. The number of aryl methyl sites for hydroxylation is 1. The van der Waals surface area contributed by atoms with Crippen molar-refractivity contribution in [2.24, 2.45) is 0 Å². The first-order valence-electron chi connectivity index (χ1n) is 9.71. The number of nitrogens with one attached hydrogen (secondary N) is 2.